The van der Waals surface area contributed by atoms with Crippen molar-refractivity contribution < 1.29 is 4.79 Å². The van der Waals surface area contributed by atoms with Gasteiger partial charge in [0.15, 0.2) is 0 Å². The first kappa shape index (κ1) is 20.4. The monoisotopic (exact) mass is 375 g/mol. The van der Waals surface area contributed by atoms with Crippen LogP contribution in [0, 0.1) is 0 Å². The molecule has 0 aliphatic carbocycles. The van der Waals surface area contributed by atoms with E-state index >= 15 is 0 Å². The minimum Gasteiger partial charge on any atom is -0.343 e. The summed E-state index contributed by atoms with van der Waals surface area (Å²) in [5.41, 5.74) is 4.14. The molecule has 1 fully saturated rings. The Hall–Kier alpha value is -2.35. The number of benzene rings is 2. The van der Waals surface area contributed by atoms with Gasteiger partial charge in [-0.25, -0.2) is 0 Å². The van der Waals surface area contributed by atoms with E-state index in [2.05, 4.69) is 71.6 Å². The smallest absolute Gasteiger partial charge is 0.222 e. The van der Waals surface area contributed by atoms with Gasteiger partial charge in [-0.1, -0.05) is 66.7 Å². The van der Waals surface area contributed by atoms with Crippen molar-refractivity contribution in [3.05, 3.63) is 77.9 Å². The Balaban J connectivity index is 1.50. The molecule has 1 heterocycles. The van der Waals surface area contributed by atoms with E-state index in [0.717, 1.165) is 45.2 Å². The van der Waals surface area contributed by atoms with Crippen molar-refractivity contribution in [1.82, 2.24) is 4.90 Å². The third-order valence-electron chi connectivity index (χ3n) is 5.59. The molecule has 2 nitrogen and oxygen atoms in total. The summed E-state index contributed by atoms with van der Waals surface area (Å²) in [6.45, 7) is 1.92. The van der Waals surface area contributed by atoms with Crippen molar-refractivity contribution in [3.63, 3.8) is 0 Å². The van der Waals surface area contributed by atoms with Crippen molar-refractivity contribution in [2.24, 2.45) is 0 Å². The number of carbonyl (C=O) groups excluding carboxylic acids is 1. The summed E-state index contributed by atoms with van der Waals surface area (Å²) in [5.74, 6) is 0.346. The Morgan fingerprint density at radius 3 is 2.21 bits per heavy atom. The fourth-order valence-corrected chi connectivity index (χ4v) is 3.98. The highest BCUT2D eigenvalue weighted by atomic mass is 16.2. The first-order valence-corrected chi connectivity index (χ1v) is 10.9. The molecule has 0 saturated carbocycles. The third-order valence-corrected chi connectivity index (χ3v) is 5.59. The summed E-state index contributed by atoms with van der Waals surface area (Å²) in [6.07, 6.45) is 11.9. The second kappa shape index (κ2) is 11.5. The Morgan fingerprint density at radius 1 is 0.821 bits per heavy atom. The van der Waals surface area contributed by atoms with Gasteiger partial charge in [0.25, 0.3) is 0 Å². The van der Waals surface area contributed by atoms with Crippen LogP contribution in [0.1, 0.15) is 62.5 Å². The second-order valence-electron chi connectivity index (χ2n) is 7.77. The number of carbonyl (C=O) groups is 1. The van der Waals surface area contributed by atoms with Gasteiger partial charge < -0.3 is 4.90 Å². The van der Waals surface area contributed by atoms with E-state index in [1.54, 1.807) is 0 Å². The molecule has 0 unspecified atom stereocenters. The lowest BCUT2D eigenvalue weighted by Crippen LogP contribution is -2.35. The van der Waals surface area contributed by atoms with Crippen LogP contribution in [-0.2, 0) is 11.2 Å². The summed E-state index contributed by atoms with van der Waals surface area (Å²) in [6, 6.07) is 21.4. The van der Waals surface area contributed by atoms with Gasteiger partial charge >= 0.3 is 0 Å². The van der Waals surface area contributed by atoms with E-state index in [4.69, 9.17) is 0 Å². The standard InChI is InChI=1S/C26H33NO/c28-26(27-21-10-3-11-22-27)20-9-8-18-25(24-16-6-2-7-17-24)19-12-15-23-13-4-1-5-14-23/h1-2,4-7,13-14,16-18H,3,8-12,15,19-22H2/b25-18-. The molecule has 0 bridgehead atoms. The Bertz CT molecular complexity index is 730. The van der Waals surface area contributed by atoms with E-state index in [9.17, 15) is 4.79 Å². The average molecular weight is 376 g/mol. The van der Waals surface area contributed by atoms with E-state index in [1.165, 1.54) is 36.0 Å². The normalized spacial score (nSPS) is 14.9. The predicted molar refractivity (Wildman–Crippen MR) is 118 cm³/mol. The maximum absolute atomic E-state index is 12.3. The van der Waals surface area contributed by atoms with E-state index in [1.807, 2.05) is 0 Å². The van der Waals surface area contributed by atoms with Crippen molar-refractivity contribution in [1.29, 1.82) is 0 Å². The number of allylic oxidation sites excluding steroid dienone is 2. The van der Waals surface area contributed by atoms with E-state index in [0.29, 0.717) is 12.3 Å². The zero-order valence-electron chi connectivity index (χ0n) is 17.0. The number of hydrogen-bond acceptors (Lipinski definition) is 1. The highest BCUT2D eigenvalue weighted by molar-refractivity contribution is 5.76. The van der Waals surface area contributed by atoms with Gasteiger partial charge in [0, 0.05) is 19.5 Å². The van der Waals surface area contributed by atoms with Crippen LogP contribution in [0.5, 0.6) is 0 Å². The van der Waals surface area contributed by atoms with E-state index in [-0.39, 0.29) is 0 Å². The summed E-state index contributed by atoms with van der Waals surface area (Å²) >= 11 is 0. The Kier molecular flexibility index (Phi) is 8.36. The number of likely N-dealkylation sites (tertiary alicyclic amines) is 1. The van der Waals surface area contributed by atoms with Gasteiger partial charge in [-0.2, -0.15) is 0 Å². The van der Waals surface area contributed by atoms with Crippen LogP contribution in [0.4, 0.5) is 0 Å². The molecular weight excluding hydrogens is 342 g/mol. The average Bonchev–Trinajstić information content (AvgIpc) is 2.77. The van der Waals surface area contributed by atoms with Crippen molar-refractivity contribution >= 4 is 11.5 Å². The molecule has 0 radical (unpaired) electrons. The first-order chi connectivity index (χ1) is 13.8. The van der Waals surface area contributed by atoms with Crippen LogP contribution >= 0.6 is 0 Å². The lowest BCUT2D eigenvalue weighted by Gasteiger charge is -2.26. The highest BCUT2D eigenvalue weighted by Crippen LogP contribution is 2.22. The first-order valence-electron chi connectivity index (χ1n) is 10.9. The number of amides is 1. The van der Waals surface area contributed by atoms with Gasteiger partial charge in [-0.3, -0.25) is 4.79 Å². The predicted octanol–water partition coefficient (Wildman–Crippen LogP) is 6.28. The molecule has 1 saturated heterocycles. The second-order valence-corrected chi connectivity index (χ2v) is 7.77. The maximum Gasteiger partial charge on any atom is 0.222 e. The van der Waals surface area contributed by atoms with Crippen molar-refractivity contribution in [2.75, 3.05) is 13.1 Å². The minimum atomic E-state index is 0.346. The third kappa shape index (κ3) is 6.67. The fourth-order valence-electron chi connectivity index (χ4n) is 3.98. The van der Waals surface area contributed by atoms with Crippen LogP contribution in [0.3, 0.4) is 0 Å². The summed E-state index contributed by atoms with van der Waals surface area (Å²) in [5, 5.41) is 0. The van der Waals surface area contributed by atoms with Gasteiger partial charge in [0.05, 0.1) is 0 Å². The SMILES string of the molecule is O=C(CCC/C=C(/CCCc1ccccc1)c1ccccc1)N1CCCCC1. The summed E-state index contributed by atoms with van der Waals surface area (Å²) in [7, 11) is 0. The number of hydrogen-bond donors (Lipinski definition) is 0. The molecule has 0 spiro atoms. The zero-order valence-corrected chi connectivity index (χ0v) is 17.0. The van der Waals surface area contributed by atoms with Gasteiger partial charge in [-0.05, 0) is 68.1 Å². The lowest BCUT2D eigenvalue weighted by atomic mass is 9.97. The Morgan fingerprint density at radius 2 is 1.50 bits per heavy atom. The van der Waals surface area contributed by atoms with Crippen LogP contribution in [0.25, 0.3) is 5.57 Å². The van der Waals surface area contributed by atoms with Gasteiger partial charge in [-0.15, -0.1) is 0 Å². The van der Waals surface area contributed by atoms with Gasteiger partial charge in [0.1, 0.15) is 0 Å². The molecule has 1 amide bonds. The number of aryl methyl sites for hydroxylation is 1. The van der Waals surface area contributed by atoms with Crippen LogP contribution in [0.15, 0.2) is 66.7 Å². The molecule has 1 aliphatic heterocycles. The zero-order chi connectivity index (χ0) is 19.4. The van der Waals surface area contributed by atoms with Gasteiger partial charge in [0.2, 0.25) is 5.91 Å². The van der Waals surface area contributed by atoms with Crippen LogP contribution < -0.4 is 0 Å². The minimum absolute atomic E-state index is 0.346. The van der Waals surface area contributed by atoms with Crippen molar-refractivity contribution in [2.45, 2.75) is 57.8 Å². The van der Waals surface area contributed by atoms with Crippen molar-refractivity contribution in [3.8, 4) is 0 Å². The molecule has 0 N–H and O–H groups in total. The molecule has 2 heteroatoms. The molecule has 1 aliphatic rings. The molecule has 148 valence electrons. The van der Waals surface area contributed by atoms with Crippen LogP contribution in [-0.4, -0.2) is 23.9 Å². The largest absolute Gasteiger partial charge is 0.343 e. The Labute approximate surface area is 170 Å². The molecule has 2 aromatic rings. The summed E-state index contributed by atoms with van der Waals surface area (Å²) < 4.78 is 0. The summed E-state index contributed by atoms with van der Waals surface area (Å²) in [4.78, 5) is 14.4. The molecular formula is C26H33NO. The molecule has 28 heavy (non-hydrogen) atoms. The highest BCUT2D eigenvalue weighted by Gasteiger charge is 2.15. The number of piperidine rings is 1. The molecule has 2 aromatic carbocycles. The topological polar surface area (TPSA) is 20.3 Å². The molecule has 0 aromatic heterocycles. The fraction of sp³-hybridized carbons (Fsp3) is 0.423. The number of unbranched alkanes of at least 4 members (excludes halogenated alkanes) is 1. The van der Waals surface area contributed by atoms with E-state index < -0.39 is 0 Å². The number of rotatable bonds is 9. The maximum atomic E-state index is 12.3. The number of nitrogens with zero attached hydrogens (tertiary/aromatic N) is 1. The lowest BCUT2D eigenvalue weighted by molar-refractivity contribution is -0.132. The quantitative estimate of drug-likeness (QED) is 0.473. The van der Waals surface area contributed by atoms with Crippen LogP contribution in [0.2, 0.25) is 0 Å². The molecule has 3 rings (SSSR count). The molecule has 0 atom stereocenters.